The number of rotatable bonds is 7. The van der Waals surface area contributed by atoms with Crippen molar-refractivity contribution in [1.29, 1.82) is 0 Å². The number of aromatic nitrogens is 9. The van der Waals surface area contributed by atoms with E-state index in [-0.39, 0.29) is 0 Å². The summed E-state index contributed by atoms with van der Waals surface area (Å²) in [6.07, 6.45) is 10.9. The van der Waals surface area contributed by atoms with Crippen LogP contribution in [0.3, 0.4) is 0 Å². The number of benzene rings is 2. The third-order valence-electron chi connectivity index (χ3n) is 9.76. The molecule has 1 saturated heterocycles. The smallest absolute Gasteiger partial charge is 0.227 e. The van der Waals surface area contributed by atoms with Crippen LogP contribution in [-0.4, -0.2) is 81.7 Å². The number of nitrogens with one attached hydrogen (secondary N) is 1. The Hall–Kier alpha value is -5.62. The fraction of sp³-hybridized carbons (Fsp3) is 0.297. The molecule has 12 nitrogen and oxygen atoms in total. The van der Waals surface area contributed by atoms with Gasteiger partial charge in [0.2, 0.25) is 5.95 Å². The highest BCUT2D eigenvalue weighted by atomic mass is 15.4. The molecule has 9 rings (SSSR count). The van der Waals surface area contributed by atoms with E-state index in [1.54, 1.807) is 6.33 Å². The van der Waals surface area contributed by atoms with E-state index in [1.807, 2.05) is 18.3 Å². The van der Waals surface area contributed by atoms with Gasteiger partial charge in [-0.2, -0.15) is 10.1 Å². The monoisotopic (exact) mass is 648 g/mol. The summed E-state index contributed by atoms with van der Waals surface area (Å²) in [6.45, 7) is 5.97. The molecule has 3 aliphatic rings. The van der Waals surface area contributed by atoms with Crippen LogP contribution in [0.15, 0.2) is 90.3 Å². The molecule has 0 saturated carbocycles. The lowest BCUT2D eigenvalue weighted by atomic mass is 9.95. The molecular weight excluding hydrogens is 612 g/mol. The minimum Gasteiger partial charge on any atom is -0.331 e. The lowest BCUT2D eigenvalue weighted by molar-refractivity contribution is 0.202. The zero-order valence-corrected chi connectivity index (χ0v) is 27.2. The van der Waals surface area contributed by atoms with Crippen LogP contribution in [0, 0.1) is 0 Å². The third kappa shape index (κ3) is 5.99. The molecule has 0 spiro atoms. The Kier molecular flexibility index (Phi) is 7.69. The first-order valence-corrected chi connectivity index (χ1v) is 17.0. The normalized spacial score (nSPS) is 17.0. The standard InChI is InChI=1S/C37H36N12/c1-2-6-26(7-3-1)30-20-29-21-39-37(48-18-19-49-24-40-44-32(49)23-48)43-34(29)41-33(30)27-11-9-25(10-12-27)22-47-16-13-28(14-17-47)35-42-36(46-45-35)31-8-4-5-15-38-31/h1-4,6-12,20-21,24,28H,5,13-19,22-23H2,(H,42,45,46). The van der Waals surface area contributed by atoms with Gasteiger partial charge >= 0.3 is 0 Å². The summed E-state index contributed by atoms with van der Waals surface area (Å²) in [4.78, 5) is 28.9. The van der Waals surface area contributed by atoms with Crippen LogP contribution < -0.4 is 4.90 Å². The molecule has 0 radical (unpaired) electrons. The molecule has 0 bridgehead atoms. The minimum absolute atomic E-state index is 0.392. The van der Waals surface area contributed by atoms with Gasteiger partial charge in [-0.25, -0.2) is 15.0 Å². The number of dihydropyridines is 1. The lowest BCUT2D eigenvalue weighted by Crippen LogP contribution is -2.34. The van der Waals surface area contributed by atoms with Crippen molar-refractivity contribution in [3.05, 3.63) is 108 Å². The summed E-state index contributed by atoms with van der Waals surface area (Å²) in [6, 6.07) is 21.5. The highest BCUT2D eigenvalue weighted by Gasteiger charge is 2.25. The molecule has 0 amide bonds. The van der Waals surface area contributed by atoms with Gasteiger partial charge in [-0.3, -0.25) is 15.0 Å². The molecular formula is C37H36N12. The van der Waals surface area contributed by atoms with Gasteiger partial charge in [0.1, 0.15) is 17.9 Å². The summed E-state index contributed by atoms with van der Waals surface area (Å²) in [5.41, 5.74) is 7.00. The number of aromatic amines is 1. The van der Waals surface area contributed by atoms with Gasteiger partial charge in [0, 0.05) is 54.8 Å². The molecule has 49 heavy (non-hydrogen) atoms. The fourth-order valence-corrected chi connectivity index (χ4v) is 7.02. The second-order valence-corrected chi connectivity index (χ2v) is 12.9. The van der Waals surface area contributed by atoms with Crippen molar-refractivity contribution in [2.24, 2.45) is 4.99 Å². The number of allylic oxidation sites excluding steroid dienone is 1. The number of pyridine rings is 1. The number of likely N-dealkylation sites (tertiary alicyclic amines) is 1. The highest BCUT2D eigenvalue weighted by Crippen LogP contribution is 2.34. The Morgan fingerprint density at radius 3 is 2.59 bits per heavy atom. The average Bonchev–Trinajstić information content (AvgIpc) is 3.86. The van der Waals surface area contributed by atoms with Crippen LogP contribution in [0.25, 0.3) is 33.4 Å². The molecule has 0 unspecified atom stereocenters. The summed E-state index contributed by atoms with van der Waals surface area (Å²) in [5.74, 6) is 3.66. The zero-order valence-electron chi connectivity index (χ0n) is 27.2. The Morgan fingerprint density at radius 1 is 0.878 bits per heavy atom. The topological polar surface area (TPSA) is 130 Å². The van der Waals surface area contributed by atoms with Crippen molar-refractivity contribution in [2.75, 3.05) is 31.1 Å². The van der Waals surface area contributed by atoms with Crippen molar-refractivity contribution >= 4 is 22.7 Å². The van der Waals surface area contributed by atoms with Gasteiger partial charge in [-0.05, 0) is 55.6 Å². The van der Waals surface area contributed by atoms with Crippen LogP contribution in [0.5, 0.6) is 0 Å². The molecule has 7 heterocycles. The van der Waals surface area contributed by atoms with Crippen LogP contribution >= 0.6 is 0 Å². The van der Waals surface area contributed by atoms with Crippen LogP contribution in [0.4, 0.5) is 5.95 Å². The van der Waals surface area contributed by atoms with Gasteiger partial charge in [-0.1, -0.05) is 60.7 Å². The summed E-state index contributed by atoms with van der Waals surface area (Å²) >= 11 is 0. The molecule has 1 fully saturated rings. The minimum atomic E-state index is 0.392. The zero-order chi connectivity index (χ0) is 32.6. The number of fused-ring (bicyclic) bond motifs is 2. The van der Waals surface area contributed by atoms with Crippen LogP contribution in [-0.2, 0) is 19.6 Å². The van der Waals surface area contributed by atoms with Gasteiger partial charge < -0.3 is 9.47 Å². The Bertz CT molecular complexity index is 2160. The number of anilines is 1. The van der Waals surface area contributed by atoms with Crippen molar-refractivity contribution in [2.45, 2.75) is 44.8 Å². The van der Waals surface area contributed by atoms with Crippen LogP contribution in [0.1, 0.15) is 48.2 Å². The van der Waals surface area contributed by atoms with E-state index in [1.165, 1.54) is 5.56 Å². The van der Waals surface area contributed by atoms with Crippen molar-refractivity contribution < 1.29 is 0 Å². The second kappa shape index (κ2) is 12.8. The third-order valence-corrected chi connectivity index (χ3v) is 9.76. The Morgan fingerprint density at radius 2 is 1.76 bits per heavy atom. The van der Waals surface area contributed by atoms with E-state index in [9.17, 15) is 0 Å². The van der Waals surface area contributed by atoms with Crippen molar-refractivity contribution in [1.82, 2.24) is 49.8 Å². The first-order valence-electron chi connectivity index (χ1n) is 17.0. The molecule has 12 heteroatoms. The van der Waals surface area contributed by atoms with E-state index in [0.29, 0.717) is 29.9 Å². The summed E-state index contributed by atoms with van der Waals surface area (Å²) < 4.78 is 2.07. The maximum atomic E-state index is 5.18. The predicted molar refractivity (Wildman–Crippen MR) is 188 cm³/mol. The van der Waals surface area contributed by atoms with Crippen molar-refractivity contribution in [3.8, 4) is 22.4 Å². The van der Waals surface area contributed by atoms with Gasteiger partial charge in [0.15, 0.2) is 17.3 Å². The van der Waals surface area contributed by atoms with Gasteiger partial charge in [-0.15, -0.1) is 10.2 Å². The summed E-state index contributed by atoms with van der Waals surface area (Å²) in [7, 11) is 0. The van der Waals surface area contributed by atoms with E-state index in [4.69, 9.17) is 19.9 Å². The fourth-order valence-electron chi connectivity index (χ4n) is 7.02. The largest absolute Gasteiger partial charge is 0.331 e. The number of hydrogen-bond donors (Lipinski definition) is 1. The average molecular weight is 649 g/mol. The maximum Gasteiger partial charge on any atom is 0.227 e. The molecule has 4 aromatic heterocycles. The number of nitrogens with zero attached hydrogens (tertiary/aromatic N) is 11. The molecule has 2 aromatic carbocycles. The number of piperidine rings is 1. The molecule has 3 aliphatic heterocycles. The molecule has 0 aliphatic carbocycles. The maximum absolute atomic E-state index is 5.18. The lowest BCUT2D eigenvalue weighted by Gasteiger charge is -2.31. The number of aliphatic imine (C=N–C) groups is 1. The molecule has 244 valence electrons. The highest BCUT2D eigenvalue weighted by molar-refractivity contribution is 6.06. The van der Waals surface area contributed by atoms with Crippen molar-refractivity contribution in [3.63, 3.8) is 0 Å². The van der Waals surface area contributed by atoms with Gasteiger partial charge in [0.05, 0.1) is 12.2 Å². The first kappa shape index (κ1) is 29.5. The first-order chi connectivity index (χ1) is 24.2. The van der Waals surface area contributed by atoms with E-state index < -0.39 is 0 Å². The molecule has 1 N–H and O–H groups in total. The van der Waals surface area contributed by atoms with Gasteiger partial charge in [0.25, 0.3) is 0 Å². The predicted octanol–water partition coefficient (Wildman–Crippen LogP) is 5.22. The van der Waals surface area contributed by atoms with E-state index in [2.05, 4.69) is 100 Å². The SMILES string of the molecule is C1=CC(c2n[nH]c(C3CCN(Cc4ccc(-c5nc6nc(N7CCn8cnnc8C7)ncc6cc5-c5ccccc5)cc4)CC3)n2)=NCC1. The quantitative estimate of drug-likeness (QED) is 0.248. The number of H-pyrrole nitrogens is 1. The van der Waals surface area contributed by atoms with E-state index in [0.717, 1.165) is 104 Å². The molecule has 6 aromatic rings. The Balaban J connectivity index is 0.927. The Labute approximate surface area is 283 Å². The number of hydrogen-bond acceptors (Lipinski definition) is 10. The van der Waals surface area contributed by atoms with Crippen LogP contribution in [0.2, 0.25) is 0 Å². The second-order valence-electron chi connectivity index (χ2n) is 12.9. The summed E-state index contributed by atoms with van der Waals surface area (Å²) in [5, 5.41) is 16.9. The molecule has 0 atom stereocenters. The van der Waals surface area contributed by atoms with E-state index >= 15 is 0 Å².